The SMILES string of the molecule is CCCCC(CC)COCCOCCCl. The standard InChI is InChI=1S/C12H25ClO2/c1-3-5-6-12(4-2)11-15-10-9-14-8-7-13/h12H,3-11H2,1-2H3. The highest BCUT2D eigenvalue weighted by Crippen LogP contribution is 2.12. The van der Waals surface area contributed by atoms with Gasteiger partial charge in [0.05, 0.1) is 19.8 Å². The first-order valence-corrected chi connectivity index (χ1v) is 6.60. The molecule has 0 aliphatic carbocycles. The van der Waals surface area contributed by atoms with Gasteiger partial charge in [-0.15, -0.1) is 11.6 Å². The second kappa shape index (κ2) is 12.3. The van der Waals surface area contributed by atoms with E-state index < -0.39 is 0 Å². The van der Waals surface area contributed by atoms with E-state index >= 15 is 0 Å². The van der Waals surface area contributed by atoms with Crippen molar-refractivity contribution >= 4 is 11.6 Å². The van der Waals surface area contributed by atoms with Gasteiger partial charge in [0.1, 0.15) is 0 Å². The normalized spacial score (nSPS) is 13.0. The molecule has 0 amide bonds. The van der Waals surface area contributed by atoms with Crippen LogP contribution >= 0.6 is 11.6 Å². The van der Waals surface area contributed by atoms with Gasteiger partial charge in [-0.25, -0.2) is 0 Å². The zero-order valence-corrected chi connectivity index (χ0v) is 10.9. The zero-order valence-electron chi connectivity index (χ0n) is 10.1. The van der Waals surface area contributed by atoms with E-state index in [-0.39, 0.29) is 0 Å². The van der Waals surface area contributed by atoms with Crippen LogP contribution in [0.4, 0.5) is 0 Å². The first kappa shape index (κ1) is 15.2. The zero-order chi connectivity index (χ0) is 11.4. The molecule has 0 N–H and O–H groups in total. The Balaban J connectivity index is 3.22. The summed E-state index contributed by atoms with van der Waals surface area (Å²) in [5.74, 6) is 1.28. The van der Waals surface area contributed by atoms with Crippen molar-refractivity contribution in [3.05, 3.63) is 0 Å². The largest absolute Gasteiger partial charge is 0.379 e. The summed E-state index contributed by atoms with van der Waals surface area (Å²) in [5, 5.41) is 0. The molecule has 2 nitrogen and oxygen atoms in total. The highest BCUT2D eigenvalue weighted by atomic mass is 35.5. The van der Waals surface area contributed by atoms with Crippen LogP contribution in [0.2, 0.25) is 0 Å². The van der Waals surface area contributed by atoms with Crippen molar-refractivity contribution in [3.63, 3.8) is 0 Å². The summed E-state index contributed by atoms with van der Waals surface area (Å²) in [7, 11) is 0. The van der Waals surface area contributed by atoms with Crippen LogP contribution < -0.4 is 0 Å². The third kappa shape index (κ3) is 10.5. The molecule has 0 aliphatic heterocycles. The molecule has 0 saturated carbocycles. The summed E-state index contributed by atoms with van der Waals surface area (Å²) in [6.45, 7) is 7.32. The van der Waals surface area contributed by atoms with Gasteiger partial charge in [0.25, 0.3) is 0 Å². The maximum absolute atomic E-state index is 5.56. The van der Waals surface area contributed by atoms with E-state index in [1.807, 2.05) is 0 Å². The number of hydrogen-bond acceptors (Lipinski definition) is 2. The molecule has 3 heteroatoms. The minimum Gasteiger partial charge on any atom is -0.379 e. The Hall–Kier alpha value is 0.210. The Kier molecular flexibility index (Phi) is 12.5. The van der Waals surface area contributed by atoms with E-state index in [4.69, 9.17) is 21.1 Å². The molecule has 0 radical (unpaired) electrons. The molecule has 0 bridgehead atoms. The van der Waals surface area contributed by atoms with Crippen molar-refractivity contribution < 1.29 is 9.47 Å². The van der Waals surface area contributed by atoms with E-state index in [2.05, 4.69) is 13.8 Å². The fraction of sp³-hybridized carbons (Fsp3) is 1.00. The molecule has 0 aliphatic rings. The molecule has 0 spiro atoms. The summed E-state index contributed by atoms with van der Waals surface area (Å²) in [5.41, 5.74) is 0. The number of ether oxygens (including phenoxy) is 2. The van der Waals surface area contributed by atoms with Gasteiger partial charge in [0.2, 0.25) is 0 Å². The molecule has 92 valence electrons. The van der Waals surface area contributed by atoms with Gasteiger partial charge in [0, 0.05) is 12.5 Å². The second-order valence-corrected chi connectivity index (χ2v) is 4.17. The molecule has 1 atom stereocenters. The number of rotatable bonds is 11. The predicted molar refractivity (Wildman–Crippen MR) is 65.7 cm³/mol. The lowest BCUT2D eigenvalue weighted by atomic mass is 10.0. The average Bonchev–Trinajstić information content (AvgIpc) is 2.27. The van der Waals surface area contributed by atoms with Crippen molar-refractivity contribution in [2.45, 2.75) is 39.5 Å². The van der Waals surface area contributed by atoms with Crippen LogP contribution in [0, 0.1) is 5.92 Å². The van der Waals surface area contributed by atoms with E-state index in [9.17, 15) is 0 Å². The second-order valence-electron chi connectivity index (χ2n) is 3.79. The quantitative estimate of drug-likeness (QED) is 0.404. The van der Waals surface area contributed by atoms with E-state index in [1.54, 1.807) is 0 Å². The molecule has 0 fully saturated rings. The molecular formula is C12H25ClO2. The number of unbranched alkanes of at least 4 members (excludes halogenated alkanes) is 1. The van der Waals surface area contributed by atoms with Crippen molar-refractivity contribution in [2.75, 3.05) is 32.3 Å². The Labute approximate surface area is 99.3 Å². The van der Waals surface area contributed by atoms with Gasteiger partial charge in [-0.1, -0.05) is 33.1 Å². The fourth-order valence-electron chi connectivity index (χ4n) is 1.42. The lowest BCUT2D eigenvalue weighted by Gasteiger charge is -2.14. The molecule has 0 aromatic heterocycles. The summed E-state index contributed by atoms with van der Waals surface area (Å²) in [6.07, 6.45) is 5.08. The molecule has 0 saturated heterocycles. The Morgan fingerprint density at radius 3 is 2.40 bits per heavy atom. The highest BCUT2D eigenvalue weighted by Gasteiger charge is 2.05. The summed E-state index contributed by atoms with van der Waals surface area (Å²) in [4.78, 5) is 0. The maximum atomic E-state index is 5.56. The fourth-order valence-corrected chi connectivity index (χ4v) is 1.53. The van der Waals surface area contributed by atoms with Crippen molar-refractivity contribution in [1.29, 1.82) is 0 Å². The van der Waals surface area contributed by atoms with Crippen molar-refractivity contribution in [2.24, 2.45) is 5.92 Å². The Bertz CT molecular complexity index is 120. The van der Waals surface area contributed by atoms with Crippen LogP contribution in [0.15, 0.2) is 0 Å². The summed E-state index contributed by atoms with van der Waals surface area (Å²) < 4.78 is 10.8. The van der Waals surface area contributed by atoms with Gasteiger partial charge < -0.3 is 9.47 Å². The van der Waals surface area contributed by atoms with E-state index in [0.29, 0.717) is 25.7 Å². The lowest BCUT2D eigenvalue weighted by molar-refractivity contribution is 0.0357. The third-order valence-corrected chi connectivity index (χ3v) is 2.64. The minimum atomic E-state index is 0.564. The Morgan fingerprint density at radius 2 is 1.80 bits per heavy atom. The van der Waals surface area contributed by atoms with Crippen LogP contribution in [0.5, 0.6) is 0 Å². The monoisotopic (exact) mass is 236 g/mol. The van der Waals surface area contributed by atoms with Crippen molar-refractivity contribution in [1.82, 2.24) is 0 Å². The molecular weight excluding hydrogens is 212 g/mol. The first-order chi connectivity index (χ1) is 7.35. The van der Waals surface area contributed by atoms with Crippen LogP contribution in [0.3, 0.4) is 0 Å². The molecule has 15 heavy (non-hydrogen) atoms. The predicted octanol–water partition coefficient (Wildman–Crippen LogP) is 3.47. The van der Waals surface area contributed by atoms with Crippen LogP contribution in [-0.4, -0.2) is 32.3 Å². The van der Waals surface area contributed by atoms with Crippen LogP contribution in [0.1, 0.15) is 39.5 Å². The van der Waals surface area contributed by atoms with Gasteiger partial charge >= 0.3 is 0 Å². The average molecular weight is 237 g/mol. The van der Waals surface area contributed by atoms with Gasteiger partial charge in [-0.3, -0.25) is 0 Å². The Morgan fingerprint density at radius 1 is 1.07 bits per heavy atom. The number of hydrogen-bond donors (Lipinski definition) is 0. The van der Waals surface area contributed by atoms with Crippen molar-refractivity contribution in [3.8, 4) is 0 Å². The van der Waals surface area contributed by atoms with Crippen LogP contribution in [-0.2, 0) is 9.47 Å². The lowest BCUT2D eigenvalue weighted by Crippen LogP contribution is -2.12. The maximum Gasteiger partial charge on any atom is 0.0701 e. The third-order valence-electron chi connectivity index (χ3n) is 2.49. The first-order valence-electron chi connectivity index (χ1n) is 6.06. The molecule has 0 heterocycles. The van der Waals surface area contributed by atoms with Crippen LogP contribution in [0.25, 0.3) is 0 Å². The molecule has 0 aromatic rings. The summed E-state index contributed by atoms with van der Waals surface area (Å²) >= 11 is 5.48. The topological polar surface area (TPSA) is 18.5 Å². The van der Waals surface area contributed by atoms with E-state index in [0.717, 1.165) is 12.5 Å². The van der Waals surface area contributed by atoms with Gasteiger partial charge in [-0.2, -0.15) is 0 Å². The molecule has 0 aromatic carbocycles. The summed E-state index contributed by atoms with van der Waals surface area (Å²) in [6, 6.07) is 0. The van der Waals surface area contributed by atoms with Gasteiger partial charge in [-0.05, 0) is 12.3 Å². The molecule has 0 rings (SSSR count). The number of alkyl halides is 1. The van der Waals surface area contributed by atoms with Gasteiger partial charge in [0.15, 0.2) is 0 Å². The molecule has 1 unspecified atom stereocenters. The smallest absolute Gasteiger partial charge is 0.0701 e. The minimum absolute atomic E-state index is 0.564. The highest BCUT2D eigenvalue weighted by molar-refractivity contribution is 6.17. The number of halogens is 1. The van der Waals surface area contributed by atoms with E-state index in [1.165, 1.54) is 25.7 Å².